The van der Waals surface area contributed by atoms with Crippen LogP contribution < -0.4 is 10.5 Å². The number of para-hydroxylation sites is 2. The average Bonchev–Trinajstić information content (AvgIpc) is 3.29. The maximum atomic E-state index is 10.8. The Morgan fingerprint density at radius 1 is 1.12 bits per heavy atom. The van der Waals surface area contributed by atoms with Crippen LogP contribution in [0.3, 0.4) is 0 Å². The van der Waals surface area contributed by atoms with Gasteiger partial charge in [-0.15, -0.1) is 0 Å². The van der Waals surface area contributed by atoms with Crippen LogP contribution in [0.25, 0.3) is 16.6 Å². The third-order valence-electron chi connectivity index (χ3n) is 4.92. The number of nitrogens with one attached hydrogen (secondary N) is 1. The molecule has 4 rings (SSSR count). The van der Waals surface area contributed by atoms with Crippen molar-refractivity contribution in [3.05, 3.63) is 109 Å². The van der Waals surface area contributed by atoms with Crippen molar-refractivity contribution in [3.8, 4) is 11.6 Å². The van der Waals surface area contributed by atoms with Crippen LogP contribution in [0.4, 0.5) is 0 Å². The molecule has 0 saturated carbocycles. The van der Waals surface area contributed by atoms with Crippen LogP contribution in [-0.2, 0) is 4.74 Å². The van der Waals surface area contributed by atoms with Gasteiger partial charge in [0.1, 0.15) is 29.1 Å². The van der Waals surface area contributed by atoms with Gasteiger partial charge in [-0.3, -0.25) is 0 Å². The Morgan fingerprint density at radius 3 is 2.61 bits per heavy atom. The summed E-state index contributed by atoms with van der Waals surface area (Å²) >= 11 is 0. The van der Waals surface area contributed by atoms with E-state index in [1.807, 2.05) is 24.3 Å². The lowest BCUT2D eigenvalue weighted by molar-refractivity contribution is 0.211. The van der Waals surface area contributed by atoms with Crippen molar-refractivity contribution in [3.63, 3.8) is 0 Å². The molecule has 0 amide bonds. The summed E-state index contributed by atoms with van der Waals surface area (Å²) in [5.74, 6) is 1.66. The topological polar surface area (TPSA) is 119 Å². The summed E-state index contributed by atoms with van der Waals surface area (Å²) in [5.41, 5.74) is 8.84. The van der Waals surface area contributed by atoms with E-state index in [4.69, 9.17) is 15.2 Å². The van der Waals surface area contributed by atoms with Crippen molar-refractivity contribution < 1.29 is 14.6 Å². The minimum absolute atomic E-state index is 0.276. The number of fused-ring (bicyclic) bond motifs is 1. The number of H-pyrrole nitrogens is 1. The van der Waals surface area contributed by atoms with Crippen LogP contribution in [0.1, 0.15) is 23.2 Å². The summed E-state index contributed by atoms with van der Waals surface area (Å²) in [7, 11) is 1.52. The van der Waals surface area contributed by atoms with Crippen molar-refractivity contribution in [2.75, 3.05) is 7.11 Å². The number of nitrogens with two attached hydrogens (primary N) is 1. The molecule has 0 bridgehead atoms. The van der Waals surface area contributed by atoms with Crippen LogP contribution in [0.5, 0.6) is 11.6 Å². The van der Waals surface area contributed by atoms with E-state index in [2.05, 4.69) is 26.5 Å². The molecule has 0 spiro atoms. The fourth-order valence-electron chi connectivity index (χ4n) is 3.24. The fraction of sp³-hybridized carbons (Fsp3) is 0.0800. The largest absolute Gasteiger partial charge is 0.497 e. The lowest BCUT2D eigenvalue weighted by atomic mass is 10.1. The number of allylic oxidation sites excluding steroid dienone is 3. The zero-order chi connectivity index (χ0) is 23.2. The summed E-state index contributed by atoms with van der Waals surface area (Å²) < 4.78 is 11.3. The summed E-state index contributed by atoms with van der Waals surface area (Å²) in [5, 5.41) is 10.8. The number of imidazole rings is 1. The molecule has 1 atom stereocenters. The monoisotopic (exact) mass is 441 g/mol. The number of aromatic amines is 1. The molecule has 0 unspecified atom stereocenters. The molecule has 0 aliphatic heterocycles. The van der Waals surface area contributed by atoms with E-state index in [-0.39, 0.29) is 5.88 Å². The standard InChI is InChI=1S/C25H23N5O3/c1-16(32-2)19(6-5-13-26)22-25(28-15-14-27-22)33-18-11-9-17(10-12-18)23(31)24-29-20-7-3-4-8-21(20)30-24/h3-15,23,31H,1,26H2,2H3,(H,29,30)/b13-5-,19-6+/t23-/m0/s1. The first kappa shape index (κ1) is 21.8. The molecule has 166 valence electrons. The predicted molar refractivity (Wildman–Crippen MR) is 126 cm³/mol. The highest BCUT2D eigenvalue weighted by atomic mass is 16.5. The molecule has 2 heterocycles. The maximum Gasteiger partial charge on any atom is 0.246 e. The van der Waals surface area contributed by atoms with E-state index < -0.39 is 6.10 Å². The van der Waals surface area contributed by atoms with E-state index in [9.17, 15) is 5.11 Å². The number of hydrogen-bond acceptors (Lipinski definition) is 7. The first-order valence-electron chi connectivity index (χ1n) is 10.1. The molecule has 0 aliphatic rings. The third-order valence-corrected chi connectivity index (χ3v) is 4.92. The van der Waals surface area contributed by atoms with Gasteiger partial charge in [0, 0.05) is 18.0 Å². The van der Waals surface area contributed by atoms with Crippen molar-refractivity contribution in [1.82, 2.24) is 19.9 Å². The van der Waals surface area contributed by atoms with Crippen molar-refractivity contribution in [1.29, 1.82) is 0 Å². The molecule has 8 heteroatoms. The molecule has 4 N–H and O–H groups in total. The van der Waals surface area contributed by atoms with Gasteiger partial charge in [0.15, 0.2) is 0 Å². The van der Waals surface area contributed by atoms with Crippen LogP contribution in [0.15, 0.2) is 91.6 Å². The van der Waals surface area contributed by atoms with E-state index >= 15 is 0 Å². The van der Waals surface area contributed by atoms with Crippen LogP contribution >= 0.6 is 0 Å². The quantitative estimate of drug-likeness (QED) is 0.276. The molecule has 2 aromatic carbocycles. The van der Waals surface area contributed by atoms with Gasteiger partial charge in [0.05, 0.1) is 18.1 Å². The highest BCUT2D eigenvalue weighted by Crippen LogP contribution is 2.31. The van der Waals surface area contributed by atoms with Crippen molar-refractivity contribution in [2.24, 2.45) is 5.73 Å². The van der Waals surface area contributed by atoms with Crippen LogP contribution in [-0.4, -0.2) is 32.2 Å². The molecule has 0 fully saturated rings. The maximum absolute atomic E-state index is 10.8. The van der Waals surface area contributed by atoms with Gasteiger partial charge in [0.25, 0.3) is 0 Å². The number of aliphatic hydroxyl groups is 1. The Hall–Kier alpha value is -4.43. The molecule has 33 heavy (non-hydrogen) atoms. The molecule has 0 aliphatic carbocycles. The first-order chi connectivity index (χ1) is 16.1. The van der Waals surface area contributed by atoms with Gasteiger partial charge >= 0.3 is 0 Å². The number of rotatable bonds is 8. The second kappa shape index (κ2) is 9.80. The SMILES string of the molecule is C=C(OC)/C(=C\C=C/N)c1nccnc1Oc1ccc([C@H](O)c2nc3ccccc3[nH]2)cc1. The summed E-state index contributed by atoms with van der Waals surface area (Å²) in [6, 6.07) is 14.7. The van der Waals surface area contributed by atoms with Crippen molar-refractivity contribution >= 4 is 16.6 Å². The number of ether oxygens (including phenoxy) is 2. The Labute approximate surface area is 190 Å². The Bertz CT molecular complexity index is 1290. The summed E-state index contributed by atoms with van der Waals surface area (Å²) in [4.78, 5) is 16.3. The normalized spacial score (nSPS) is 12.7. The molecular formula is C25H23N5O3. The average molecular weight is 441 g/mol. The summed E-state index contributed by atoms with van der Waals surface area (Å²) in [6.45, 7) is 3.90. The number of nitrogens with zero attached hydrogens (tertiary/aromatic N) is 3. The number of benzene rings is 2. The van der Waals surface area contributed by atoms with Gasteiger partial charge < -0.3 is 25.3 Å². The van der Waals surface area contributed by atoms with Gasteiger partial charge in [-0.1, -0.05) is 30.8 Å². The van der Waals surface area contributed by atoms with Gasteiger partial charge in [0.2, 0.25) is 5.88 Å². The Kier molecular flexibility index (Phi) is 6.47. The highest BCUT2D eigenvalue weighted by Gasteiger charge is 2.17. The highest BCUT2D eigenvalue weighted by molar-refractivity contribution is 5.78. The van der Waals surface area contributed by atoms with Gasteiger partial charge in [-0.25, -0.2) is 15.0 Å². The lowest BCUT2D eigenvalue weighted by Gasteiger charge is -2.13. The van der Waals surface area contributed by atoms with E-state index in [0.717, 1.165) is 11.0 Å². The third kappa shape index (κ3) is 4.76. The minimum atomic E-state index is -0.902. The molecule has 0 saturated heterocycles. The number of hydrogen-bond donors (Lipinski definition) is 3. The van der Waals surface area contributed by atoms with Crippen LogP contribution in [0, 0.1) is 0 Å². The van der Waals surface area contributed by atoms with E-state index in [1.54, 1.807) is 42.6 Å². The molecule has 0 radical (unpaired) electrons. The fourth-order valence-corrected chi connectivity index (χ4v) is 3.24. The van der Waals surface area contributed by atoms with E-state index in [0.29, 0.717) is 34.2 Å². The van der Waals surface area contributed by atoms with E-state index in [1.165, 1.54) is 19.5 Å². The molecular weight excluding hydrogens is 418 g/mol. The number of methoxy groups -OCH3 is 1. The van der Waals surface area contributed by atoms with Gasteiger partial charge in [-0.2, -0.15) is 0 Å². The van der Waals surface area contributed by atoms with Crippen molar-refractivity contribution in [2.45, 2.75) is 6.10 Å². The number of aliphatic hydroxyl groups excluding tert-OH is 1. The molecule has 8 nitrogen and oxygen atoms in total. The summed E-state index contributed by atoms with van der Waals surface area (Å²) in [6.07, 6.45) is 6.94. The molecule has 2 aromatic heterocycles. The second-order valence-corrected chi connectivity index (χ2v) is 7.02. The lowest BCUT2D eigenvalue weighted by Crippen LogP contribution is -2.02. The first-order valence-corrected chi connectivity index (χ1v) is 10.1. The Balaban J connectivity index is 1.58. The minimum Gasteiger partial charge on any atom is -0.497 e. The Morgan fingerprint density at radius 2 is 1.88 bits per heavy atom. The zero-order valence-corrected chi connectivity index (χ0v) is 18.0. The molecule has 4 aromatic rings. The predicted octanol–water partition coefficient (Wildman–Crippen LogP) is 4.24. The second-order valence-electron chi connectivity index (χ2n) is 7.02. The smallest absolute Gasteiger partial charge is 0.246 e. The zero-order valence-electron chi connectivity index (χ0n) is 18.0. The van der Waals surface area contributed by atoms with Crippen LogP contribution in [0.2, 0.25) is 0 Å². The number of aromatic nitrogens is 4. The van der Waals surface area contributed by atoms with Gasteiger partial charge in [-0.05, 0) is 48.2 Å².